The van der Waals surface area contributed by atoms with Crippen LogP contribution in [0.5, 0.6) is 0 Å². The Labute approximate surface area is 166 Å². The van der Waals surface area contributed by atoms with Crippen LogP contribution in [0.3, 0.4) is 0 Å². The van der Waals surface area contributed by atoms with E-state index in [2.05, 4.69) is 69.6 Å². The first-order valence-corrected chi connectivity index (χ1v) is 11.5. The minimum Gasteiger partial charge on any atom is -0.239 e. The van der Waals surface area contributed by atoms with Gasteiger partial charge in [0.25, 0.3) is 0 Å². The van der Waals surface area contributed by atoms with Gasteiger partial charge in [-0.3, -0.25) is 0 Å². The van der Waals surface area contributed by atoms with Crippen molar-refractivity contribution >= 4 is 37.5 Å². The molecule has 1 aromatic carbocycles. The van der Waals surface area contributed by atoms with E-state index in [-0.39, 0.29) is 10.8 Å². The van der Waals surface area contributed by atoms with Gasteiger partial charge < -0.3 is 0 Å². The number of thiazole rings is 1. The highest BCUT2D eigenvalue weighted by Gasteiger charge is 2.29. The van der Waals surface area contributed by atoms with Gasteiger partial charge in [0.05, 0.1) is 15.2 Å². The van der Waals surface area contributed by atoms with Gasteiger partial charge in [0.2, 0.25) is 0 Å². The molecule has 1 atom stereocenters. The Bertz CT molecular complexity index is 703. The second kappa shape index (κ2) is 8.52. The first kappa shape index (κ1) is 20.9. The SMILES string of the molecule is CCCCCCC(C)(CC)c1nc2c(Br)cc(C(C)(C)CC)cc2s1. The summed E-state index contributed by atoms with van der Waals surface area (Å²) in [5.74, 6) is 0. The van der Waals surface area contributed by atoms with Crippen LogP contribution in [0.4, 0.5) is 0 Å². The lowest BCUT2D eigenvalue weighted by Crippen LogP contribution is -2.20. The lowest BCUT2D eigenvalue weighted by Gasteiger charge is -2.25. The summed E-state index contributed by atoms with van der Waals surface area (Å²) in [7, 11) is 0. The molecule has 0 fully saturated rings. The molecule has 140 valence electrons. The van der Waals surface area contributed by atoms with Gasteiger partial charge in [-0.05, 0) is 58.3 Å². The number of rotatable bonds is 9. The Balaban J connectivity index is 2.37. The average molecular weight is 424 g/mol. The highest BCUT2D eigenvalue weighted by Crippen LogP contribution is 2.41. The van der Waals surface area contributed by atoms with Gasteiger partial charge in [-0.15, -0.1) is 11.3 Å². The zero-order chi connectivity index (χ0) is 18.7. The minimum absolute atomic E-state index is 0.203. The van der Waals surface area contributed by atoms with Crippen LogP contribution in [0.1, 0.15) is 97.1 Å². The molecule has 1 unspecified atom stereocenters. The number of hydrogen-bond donors (Lipinski definition) is 0. The van der Waals surface area contributed by atoms with Gasteiger partial charge in [0.1, 0.15) is 0 Å². The van der Waals surface area contributed by atoms with E-state index in [9.17, 15) is 0 Å². The molecule has 0 N–H and O–H groups in total. The standard InChI is InChI=1S/C22H34BrNS/c1-7-10-11-12-13-22(6,9-3)20-24-19-17(23)14-16(15-18(19)25-20)21(4,5)8-2/h14-15H,7-13H2,1-6H3. The van der Waals surface area contributed by atoms with Crippen molar-refractivity contribution in [3.05, 3.63) is 27.2 Å². The van der Waals surface area contributed by atoms with Crippen molar-refractivity contribution < 1.29 is 0 Å². The molecule has 0 spiro atoms. The maximum atomic E-state index is 5.07. The van der Waals surface area contributed by atoms with Crippen LogP contribution in [0.25, 0.3) is 10.2 Å². The molecule has 0 aliphatic heterocycles. The van der Waals surface area contributed by atoms with E-state index in [1.54, 1.807) is 0 Å². The highest BCUT2D eigenvalue weighted by molar-refractivity contribution is 9.10. The monoisotopic (exact) mass is 423 g/mol. The lowest BCUT2D eigenvalue weighted by molar-refractivity contribution is 0.395. The van der Waals surface area contributed by atoms with E-state index in [0.29, 0.717) is 0 Å². The van der Waals surface area contributed by atoms with Crippen molar-refractivity contribution in [2.75, 3.05) is 0 Å². The average Bonchev–Trinajstić information content (AvgIpc) is 3.04. The van der Waals surface area contributed by atoms with Gasteiger partial charge in [-0.1, -0.05) is 67.2 Å². The molecule has 0 aliphatic rings. The zero-order valence-electron chi connectivity index (χ0n) is 16.8. The summed E-state index contributed by atoms with van der Waals surface area (Å²) in [6.45, 7) is 13.9. The Morgan fingerprint density at radius 2 is 1.72 bits per heavy atom. The Kier molecular flexibility index (Phi) is 7.12. The van der Waals surface area contributed by atoms with E-state index < -0.39 is 0 Å². The molecular weight excluding hydrogens is 390 g/mol. The van der Waals surface area contributed by atoms with Crippen LogP contribution < -0.4 is 0 Å². The fraction of sp³-hybridized carbons (Fsp3) is 0.682. The van der Waals surface area contributed by atoms with Crippen LogP contribution in [0.2, 0.25) is 0 Å². The summed E-state index contributed by atoms with van der Waals surface area (Å²) in [5.41, 5.74) is 2.96. The van der Waals surface area contributed by atoms with E-state index in [0.717, 1.165) is 22.8 Å². The fourth-order valence-corrected chi connectivity index (χ4v) is 5.17. The predicted molar refractivity (Wildman–Crippen MR) is 117 cm³/mol. The fourth-order valence-electron chi connectivity index (χ4n) is 3.22. The molecule has 25 heavy (non-hydrogen) atoms. The summed E-state index contributed by atoms with van der Waals surface area (Å²) < 4.78 is 2.47. The third-order valence-electron chi connectivity index (χ3n) is 5.99. The number of halogens is 1. The van der Waals surface area contributed by atoms with Crippen molar-refractivity contribution in [2.45, 2.75) is 97.3 Å². The third-order valence-corrected chi connectivity index (χ3v) is 7.91. The maximum Gasteiger partial charge on any atom is 0.0997 e. The second-order valence-corrected chi connectivity index (χ2v) is 10.2. The molecule has 1 nitrogen and oxygen atoms in total. The molecule has 2 rings (SSSR count). The van der Waals surface area contributed by atoms with E-state index in [1.165, 1.54) is 47.4 Å². The minimum atomic E-state index is 0.203. The Morgan fingerprint density at radius 3 is 2.32 bits per heavy atom. The maximum absolute atomic E-state index is 5.07. The molecule has 0 saturated heterocycles. The van der Waals surface area contributed by atoms with Crippen molar-refractivity contribution in [3.63, 3.8) is 0 Å². The number of nitrogens with zero attached hydrogens (tertiary/aromatic N) is 1. The summed E-state index contributed by atoms with van der Waals surface area (Å²) in [6.07, 6.45) is 8.84. The van der Waals surface area contributed by atoms with E-state index in [1.807, 2.05) is 11.3 Å². The highest BCUT2D eigenvalue weighted by atomic mass is 79.9. The van der Waals surface area contributed by atoms with Crippen LogP contribution in [0.15, 0.2) is 16.6 Å². The Morgan fingerprint density at radius 1 is 1.00 bits per heavy atom. The summed E-state index contributed by atoms with van der Waals surface area (Å²) in [5, 5.41) is 1.31. The molecule has 2 aromatic rings. The summed E-state index contributed by atoms with van der Waals surface area (Å²) >= 11 is 5.70. The van der Waals surface area contributed by atoms with Crippen molar-refractivity contribution in [1.82, 2.24) is 4.98 Å². The van der Waals surface area contributed by atoms with Crippen molar-refractivity contribution in [1.29, 1.82) is 0 Å². The molecule has 0 amide bonds. The van der Waals surface area contributed by atoms with Crippen LogP contribution >= 0.6 is 27.3 Å². The second-order valence-electron chi connectivity index (χ2n) is 8.29. The molecule has 1 heterocycles. The van der Waals surface area contributed by atoms with Gasteiger partial charge in [0.15, 0.2) is 0 Å². The smallest absolute Gasteiger partial charge is 0.0997 e. The molecule has 0 aliphatic carbocycles. The quantitative estimate of drug-likeness (QED) is 0.368. The Hall–Kier alpha value is -0.410. The van der Waals surface area contributed by atoms with Gasteiger partial charge in [0, 0.05) is 9.89 Å². The number of hydrogen-bond acceptors (Lipinski definition) is 2. The lowest BCUT2D eigenvalue weighted by atomic mass is 9.82. The van der Waals surface area contributed by atoms with Crippen LogP contribution in [-0.2, 0) is 10.8 Å². The summed E-state index contributed by atoms with van der Waals surface area (Å²) in [4.78, 5) is 5.07. The first-order chi connectivity index (χ1) is 11.8. The predicted octanol–water partition coefficient (Wildman–Crippen LogP) is 8.38. The summed E-state index contributed by atoms with van der Waals surface area (Å²) in [6, 6.07) is 4.65. The number of unbranched alkanes of at least 4 members (excludes halogenated alkanes) is 3. The topological polar surface area (TPSA) is 12.9 Å². The van der Waals surface area contributed by atoms with Gasteiger partial charge in [-0.2, -0.15) is 0 Å². The number of aromatic nitrogens is 1. The van der Waals surface area contributed by atoms with Crippen LogP contribution in [0, 0.1) is 0 Å². The number of fused-ring (bicyclic) bond motifs is 1. The number of benzene rings is 1. The van der Waals surface area contributed by atoms with Gasteiger partial charge >= 0.3 is 0 Å². The van der Waals surface area contributed by atoms with Crippen molar-refractivity contribution in [2.24, 2.45) is 0 Å². The molecular formula is C22H34BrNS. The molecule has 1 aromatic heterocycles. The van der Waals surface area contributed by atoms with Crippen molar-refractivity contribution in [3.8, 4) is 0 Å². The van der Waals surface area contributed by atoms with Gasteiger partial charge in [-0.25, -0.2) is 4.98 Å². The molecule has 0 saturated carbocycles. The van der Waals surface area contributed by atoms with E-state index >= 15 is 0 Å². The molecule has 0 bridgehead atoms. The van der Waals surface area contributed by atoms with Crippen LogP contribution in [-0.4, -0.2) is 4.98 Å². The van der Waals surface area contributed by atoms with E-state index in [4.69, 9.17) is 4.98 Å². The zero-order valence-corrected chi connectivity index (χ0v) is 19.2. The first-order valence-electron chi connectivity index (χ1n) is 9.88. The third kappa shape index (κ3) is 4.66. The molecule has 3 heteroatoms. The largest absolute Gasteiger partial charge is 0.239 e. The molecule has 0 radical (unpaired) electrons. The normalized spacial score (nSPS) is 14.8.